The Morgan fingerprint density at radius 2 is 1.42 bits per heavy atom. The van der Waals surface area contributed by atoms with E-state index in [4.69, 9.17) is 9.47 Å². The molecule has 0 aromatic heterocycles. The first-order chi connectivity index (χ1) is 15.0. The van der Waals surface area contributed by atoms with Crippen LogP contribution < -0.4 is 14.8 Å². The third-order valence-electron chi connectivity index (χ3n) is 5.40. The molecule has 0 radical (unpaired) electrons. The average molecular weight is 481 g/mol. The number of nitrogens with zero attached hydrogens (tertiary/aromatic N) is 1. The molecule has 3 aromatic rings. The number of halogens is 1. The van der Waals surface area contributed by atoms with E-state index in [2.05, 4.69) is 21.2 Å². The van der Waals surface area contributed by atoms with Crippen molar-refractivity contribution in [2.45, 2.75) is 12.1 Å². The van der Waals surface area contributed by atoms with E-state index >= 15 is 0 Å². The van der Waals surface area contributed by atoms with Crippen molar-refractivity contribution in [3.8, 4) is 11.5 Å². The second-order valence-electron chi connectivity index (χ2n) is 7.10. The fourth-order valence-electron chi connectivity index (χ4n) is 3.87. The molecule has 0 bridgehead atoms. The number of nitrogens with one attached hydrogen (secondary N) is 1. The second-order valence-corrected chi connectivity index (χ2v) is 7.96. The van der Waals surface area contributed by atoms with Crippen molar-refractivity contribution in [1.29, 1.82) is 0 Å². The summed E-state index contributed by atoms with van der Waals surface area (Å²) in [6.07, 6.45) is 0. The molecular weight excluding hydrogens is 460 g/mol. The van der Waals surface area contributed by atoms with Crippen molar-refractivity contribution >= 4 is 27.9 Å². The van der Waals surface area contributed by atoms with Gasteiger partial charge >= 0.3 is 6.03 Å². The maximum absolute atomic E-state index is 13.8. The van der Waals surface area contributed by atoms with E-state index < -0.39 is 11.6 Å². The summed E-state index contributed by atoms with van der Waals surface area (Å²) in [6, 6.07) is 21.6. The average Bonchev–Trinajstić information content (AvgIpc) is 3.06. The number of carbonyl (C=O) groups excluding carboxylic acids is 2. The number of rotatable bonds is 6. The summed E-state index contributed by atoms with van der Waals surface area (Å²) in [5.74, 6) is 0.782. The lowest BCUT2D eigenvalue weighted by atomic mass is 9.82. The van der Waals surface area contributed by atoms with Gasteiger partial charge in [-0.05, 0) is 39.2 Å². The quantitative estimate of drug-likeness (QED) is 0.528. The topological polar surface area (TPSA) is 67.9 Å². The zero-order valence-corrected chi connectivity index (χ0v) is 18.7. The molecule has 1 saturated heterocycles. The molecule has 0 aliphatic carbocycles. The minimum Gasteiger partial charge on any atom is -0.496 e. The van der Waals surface area contributed by atoms with Crippen molar-refractivity contribution in [3.05, 3.63) is 94.0 Å². The Bertz CT molecular complexity index is 1080. The van der Waals surface area contributed by atoms with E-state index in [0.29, 0.717) is 28.2 Å². The highest BCUT2D eigenvalue weighted by Gasteiger charge is 2.53. The molecule has 7 heteroatoms. The fraction of sp³-hybridized carbons (Fsp3) is 0.167. The van der Waals surface area contributed by atoms with E-state index in [9.17, 15) is 9.59 Å². The van der Waals surface area contributed by atoms with Gasteiger partial charge in [0.1, 0.15) is 11.5 Å². The lowest BCUT2D eigenvalue weighted by molar-refractivity contribution is -0.130. The SMILES string of the molecule is COc1cc(CN2C(=O)NC(c3ccccc3)(c3ccccc3)C2=O)c(OC)cc1Br. The lowest BCUT2D eigenvalue weighted by Gasteiger charge is -2.28. The number of urea groups is 1. The zero-order valence-electron chi connectivity index (χ0n) is 17.1. The third kappa shape index (κ3) is 3.55. The number of hydrogen-bond acceptors (Lipinski definition) is 4. The summed E-state index contributed by atoms with van der Waals surface area (Å²) in [4.78, 5) is 28.1. The van der Waals surface area contributed by atoms with Crippen LogP contribution in [0.4, 0.5) is 4.79 Å². The smallest absolute Gasteiger partial charge is 0.325 e. The molecule has 1 aliphatic rings. The lowest BCUT2D eigenvalue weighted by Crippen LogP contribution is -2.45. The Labute approximate surface area is 188 Å². The van der Waals surface area contributed by atoms with Crippen LogP contribution in [0.15, 0.2) is 77.3 Å². The van der Waals surface area contributed by atoms with E-state index in [-0.39, 0.29) is 12.5 Å². The first kappa shape index (κ1) is 20.9. The molecule has 1 fully saturated rings. The minimum absolute atomic E-state index is 0.0406. The van der Waals surface area contributed by atoms with Crippen LogP contribution in [-0.2, 0) is 16.9 Å². The van der Waals surface area contributed by atoms with Gasteiger partial charge in [-0.15, -0.1) is 0 Å². The molecule has 0 atom stereocenters. The summed E-state index contributed by atoms with van der Waals surface area (Å²) in [5, 5.41) is 2.95. The normalized spacial score (nSPS) is 15.0. The highest BCUT2D eigenvalue weighted by Crippen LogP contribution is 2.38. The Morgan fingerprint density at radius 3 is 1.94 bits per heavy atom. The number of amides is 3. The largest absolute Gasteiger partial charge is 0.496 e. The van der Waals surface area contributed by atoms with Crippen LogP contribution in [0.1, 0.15) is 16.7 Å². The molecule has 158 valence electrons. The van der Waals surface area contributed by atoms with E-state index in [1.807, 2.05) is 60.7 Å². The van der Waals surface area contributed by atoms with Crippen molar-refractivity contribution < 1.29 is 19.1 Å². The Kier molecular flexibility index (Phi) is 5.69. The van der Waals surface area contributed by atoms with Gasteiger partial charge in [-0.2, -0.15) is 0 Å². The maximum Gasteiger partial charge on any atom is 0.325 e. The van der Waals surface area contributed by atoms with Crippen molar-refractivity contribution in [3.63, 3.8) is 0 Å². The van der Waals surface area contributed by atoms with Crippen LogP contribution in [0.2, 0.25) is 0 Å². The molecule has 6 nitrogen and oxygen atoms in total. The number of imide groups is 1. The molecule has 31 heavy (non-hydrogen) atoms. The Balaban J connectivity index is 1.79. The Morgan fingerprint density at radius 1 is 0.871 bits per heavy atom. The number of methoxy groups -OCH3 is 2. The third-order valence-corrected chi connectivity index (χ3v) is 6.02. The van der Waals surface area contributed by atoms with Gasteiger partial charge in [-0.1, -0.05) is 60.7 Å². The summed E-state index contributed by atoms with van der Waals surface area (Å²) in [6.45, 7) is 0.0406. The molecule has 0 spiro atoms. The molecular formula is C24H21BrN2O4. The maximum atomic E-state index is 13.8. The predicted molar refractivity (Wildman–Crippen MR) is 120 cm³/mol. The van der Waals surface area contributed by atoms with Crippen LogP contribution in [0.5, 0.6) is 11.5 Å². The van der Waals surface area contributed by atoms with Crippen LogP contribution >= 0.6 is 15.9 Å². The molecule has 3 amide bonds. The van der Waals surface area contributed by atoms with E-state index in [1.54, 1.807) is 26.4 Å². The van der Waals surface area contributed by atoms with Gasteiger partial charge in [-0.25, -0.2) is 4.79 Å². The predicted octanol–water partition coefficient (Wildman–Crippen LogP) is 4.46. The van der Waals surface area contributed by atoms with E-state index in [0.717, 1.165) is 4.47 Å². The number of ether oxygens (including phenoxy) is 2. The van der Waals surface area contributed by atoms with Crippen molar-refractivity contribution in [2.24, 2.45) is 0 Å². The zero-order chi connectivity index (χ0) is 22.0. The highest BCUT2D eigenvalue weighted by molar-refractivity contribution is 9.10. The molecule has 1 aliphatic heterocycles. The fourth-order valence-corrected chi connectivity index (χ4v) is 4.36. The summed E-state index contributed by atoms with van der Waals surface area (Å²) < 4.78 is 11.6. The van der Waals surface area contributed by atoms with Gasteiger partial charge in [0.05, 0.1) is 25.2 Å². The van der Waals surface area contributed by atoms with Crippen LogP contribution in [0.3, 0.4) is 0 Å². The summed E-state index contributed by atoms with van der Waals surface area (Å²) >= 11 is 3.43. The van der Waals surface area contributed by atoms with Crippen LogP contribution in [0, 0.1) is 0 Å². The molecule has 1 N–H and O–H groups in total. The summed E-state index contributed by atoms with van der Waals surface area (Å²) in [5.41, 5.74) is 0.750. The first-order valence-electron chi connectivity index (χ1n) is 9.67. The minimum atomic E-state index is -1.30. The highest BCUT2D eigenvalue weighted by atomic mass is 79.9. The second kappa shape index (κ2) is 8.43. The van der Waals surface area contributed by atoms with Gasteiger partial charge in [0.2, 0.25) is 0 Å². The van der Waals surface area contributed by atoms with Gasteiger partial charge in [-0.3, -0.25) is 9.69 Å². The molecule has 1 heterocycles. The van der Waals surface area contributed by atoms with Gasteiger partial charge < -0.3 is 14.8 Å². The van der Waals surface area contributed by atoms with Gasteiger partial charge in [0.15, 0.2) is 5.54 Å². The first-order valence-corrected chi connectivity index (χ1v) is 10.5. The Hall–Kier alpha value is -3.32. The van der Waals surface area contributed by atoms with Crippen molar-refractivity contribution in [1.82, 2.24) is 10.2 Å². The standard InChI is InChI=1S/C24H21BrN2O4/c1-30-20-14-19(25)21(31-2)13-16(20)15-27-22(28)24(26-23(27)29,17-9-5-3-6-10-17)18-11-7-4-8-12-18/h3-14H,15H2,1-2H3,(H,26,29). The molecule has 4 rings (SSSR count). The molecule has 3 aromatic carbocycles. The van der Waals surface area contributed by atoms with Crippen molar-refractivity contribution in [2.75, 3.05) is 14.2 Å². The van der Waals surface area contributed by atoms with Crippen LogP contribution in [-0.4, -0.2) is 31.1 Å². The van der Waals surface area contributed by atoms with Gasteiger partial charge in [0.25, 0.3) is 5.91 Å². The number of carbonyl (C=O) groups is 2. The molecule has 0 unspecified atom stereocenters. The van der Waals surface area contributed by atoms with E-state index in [1.165, 1.54) is 4.90 Å². The van der Waals surface area contributed by atoms with Gasteiger partial charge in [0, 0.05) is 5.56 Å². The number of benzene rings is 3. The number of hydrogen-bond donors (Lipinski definition) is 1. The monoisotopic (exact) mass is 480 g/mol. The summed E-state index contributed by atoms with van der Waals surface area (Å²) in [7, 11) is 3.10. The molecule has 0 saturated carbocycles. The van der Waals surface area contributed by atoms with Crippen LogP contribution in [0.25, 0.3) is 0 Å².